The number of nitrogens with zero attached hydrogens (tertiary/aromatic N) is 3. The summed E-state index contributed by atoms with van der Waals surface area (Å²) in [5, 5.41) is 0. The fourth-order valence-corrected chi connectivity index (χ4v) is 4.95. The Morgan fingerprint density at radius 3 is 2.50 bits per heavy atom. The molecular weight excluding hydrogens is 373 g/mol. The number of hydrogen-bond acceptors (Lipinski definition) is 4. The molecule has 0 N–H and O–H groups in total. The first kappa shape index (κ1) is 19.3. The molecule has 0 aromatic heterocycles. The van der Waals surface area contributed by atoms with E-state index in [9.17, 15) is 8.94 Å². The van der Waals surface area contributed by atoms with Crippen LogP contribution >= 0.6 is 12.4 Å². The number of para-hydroxylation sites is 1. The Kier molecular flexibility index (Phi) is 5.97. The van der Waals surface area contributed by atoms with Gasteiger partial charge < -0.3 is 14.4 Å². The molecule has 140 valence electrons. The highest BCUT2D eigenvalue weighted by Crippen LogP contribution is 2.33. The van der Waals surface area contributed by atoms with Crippen LogP contribution in [0.15, 0.2) is 47.4 Å². The first-order chi connectivity index (χ1) is 12.1. The molecule has 2 heterocycles. The van der Waals surface area contributed by atoms with E-state index < -0.39 is 11.2 Å². The summed E-state index contributed by atoms with van der Waals surface area (Å²) in [6.45, 7) is 4.28. The molecule has 2 aromatic rings. The molecular formula is C19H23ClFN3OS. The van der Waals surface area contributed by atoms with Crippen LogP contribution in [0.3, 0.4) is 0 Å². The molecule has 0 aliphatic carbocycles. The van der Waals surface area contributed by atoms with Gasteiger partial charge in [-0.2, -0.15) is 0 Å². The summed E-state index contributed by atoms with van der Waals surface area (Å²) >= 11 is -0.920. The van der Waals surface area contributed by atoms with Crippen LogP contribution in [-0.4, -0.2) is 48.6 Å². The van der Waals surface area contributed by atoms with E-state index in [2.05, 4.69) is 28.0 Å². The maximum atomic E-state index is 13.9. The number of anilines is 2. The first-order valence-electron chi connectivity index (χ1n) is 8.56. The standard InChI is InChI=1S/C19H22FN3OS.ClH/c1-21-14-25(24)19-12-15(6-7-18(19)21)13-22-8-10-23(11-9-22)17-5-3-2-4-16(17)20;/h2-7,12H,8-11,13-14H2,1H3;1H. The lowest BCUT2D eigenvalue weighted by Crippen LogP contribution is -2.46. The van der Waals surface area contributed by atoms with Gasteiger partial charge in [0.1, 0.15) is 5.82 Å². The van der Waals surface area contributed by atoms with Gasteiger partial charge in [0.05, 0.1) is 11.4 Å². The molecule has 0 amide bonds. The Hall–Kier alpha value is -1.47. The van der Waals surface area contributed by atoms with Crippen molar-refractivity contribution < 1.29 is 8.94 Å². The zero-order valence-electron chi connectivity index (χ0n) is 14.7. The minimum atomic E-state index is -0.920. The topological polar surface area (TPSA) is 32.8 Å². The Morgan fingerprint density at radius 1 is 1.04 bits per heavy atom. The predicted octanol–water partition coefficient (Wildman–Crippen LogP) is 3.08. The third-order valence-corrected chi connectivity index (χ3v) is 6.40. The van der Waals surface area contributed by atoms with Crippen molar-refractivity contribution in [3.05, 3.63) is 53.8 Å². The third-order valence-electron chi connectivity index (χ3n) is 4.96. The second kappa shape index (κ2) is 8.05. The van der Waals surface area contributed by atoms with Crippen LogP contribution in [0.25, 0.3) is 0 Å². The molecule has 1 atom stereocenters. The van der Waals surface area contributed by atoms with Crippen LogP contribution in [0, 0.1) is 5.82 Å². The minimum Gasteiger partial charge on any atom is -0.610 e. The van der Waals surface area contributed by atoms with Crippen LogP contribution in [0.5, 0.6) is 0 Å². The van der Waals surface area contributed by atoms with Crippen molar-refractivity contribution in [3.63, 3.8) is 0 Å². The van der Waals surface area contributed by atoms with E-state index in [0.29, 0.717) is 11.6 Å². The highest BCUT2D eigenvalue weighted by Gasteiger charge is 2.29. The maximum Gasteiger partial charge on any atom is 0.183 e. The van der Waals surface area contributed by atoms with Crippen LogP contribution < -0.4 is 9.80 Å². The van der Waals surface area contributed by atoms with Gasteiger partial charge in [-0.25, -0.2) is 4.39 Å². The molecule has 2 aliphatic heterocycles. The Morgan fingerprint density at radius 2 is 1.77 bits per heavy atom. The predicted molar refractivity (Wildman–Crippen MR) is 107 cm³/mol. The van der Waals surface area contributed by atoms with Crippen molar-refractivity contribution in [2.24, 2.45) is 0 Å². The molecule has 1 unspecified atom stereocenters. The molecule has 0 radical (unpaired) electrons. The summed E-state index contributed by atoms with van der Waals surface area (Å²) in [6.07, 6.45) is 0. The van der Waals surface area contributed by atoms with E-state index in [1.54, 1.807) is 6.07 Å². The van der Waals surface area contributed by atoms with Crippen molar-refractivity contribution in [2.75, 3.05) is 48.9 Å². The number of fused-ring (bicyclic) bond motifs is 1. The van der Waals surface area contributed by atoms with Gasteiger partial charge in [-0.3, -0.25) is 4.90 Å². The van der Waals surface area contributed by atoms with Crippen LogP contribution in [0.2, 0.25) is 0 Å². The molecule has 26 heavy (non-hydrogen) atoms. The smallest absolute Gasteiger partial charge is 0.183 e. The summed E-state index contributed by atoms with van der Waals surface area (Å²) < 4.78 is 26.1. The number of piperazine rings is 1. The molecule has 1 saturated heterocycles. The molecule has 0 bridgehead atoms. The third kappa shape index (κ3) is 3.78. The Bertz CT molecular complexity index is 770. The SMILES string of the molecule is CN1C[S+]([O-])c2cc(CN3CCN(c4ccccc4F)CC3)ccc21.Cl. The number of benzene rings is 2. The summed E-state index contributed by atoms with van der Waals surface area (Å²) in [7, 11) is 1.98. The van der Waals surface area contributed by atoms with Crippen molar-refractivity contribution in [3.8, 4) is 0 Å². The lowest BCUT2D eigenvalue weighted by molar-refractivity contribution is 0.249. The first-order valence-corrected chi connectivity index (χ1v) is 9.88. The van der Waals surface area contributed by atoms with Crippen molar-refractivity contribution in [1.29, 1.82) is 0 Å². The molecule has 0 saturated carbocycles. The van der Waals surface area contributed by atoms with Gasteiger partial charge in [0.15, 0.2) is 10.8 Å². The van der Waals surface area contributed by atoms with E-state index >= 15 is 0 Å². The highest BCUT2D eigenvalue weighted by atomic mass is 35.5. The molecule has 7 heteroatoms. The minimum absolute atomic E-state index is 0. The van der Waals surface area contributed by atoms with Gasteiger partial charge in [0.2, 0.25) is 0 Å². The second-order valence-corrected chi connectivity index (χ2v) is 8.08. The van der Waals surface area contributed by atoms with E-state index in [-0.39, 0.29) is 18.2 Å². The van der Waals surface area contributed by atoms with Crippen molar-refractivity contribution in [1.82, 2.24) is 4.90 Å². The van der Waals surface area contributed by atoms with Crippen molar-refractivity contribution >= 4 is 35.0 Å². The van der Waals surface area contributed by atoms with Gasteiger partial charge in [-0.15, -0.1) is 12.4 Å². The quantitative estimate of drug-likeness (QED) is 0.748. The van der Waals surface area contributed by atoms with E-state index in [1.807, 2.05) is 24.1 Å². The molecule has 2 aliphatic rings. The average molecular weight is 396 g/mol. The van der Waals surface area contributed by atoms with E-state index in [4.69, 9.17) is 0 Å². The van der Waals surface area contributed by atoms with Crippen LogP contribution in [0.4, 0.5) is 15.8 Å². The van der Waals surface area contributed by atoms with Gasteiger partial charge in [-0.05, 0) is 29.8 Å². The summed E-state index contributed by atoms with van der Waals surface area (Å²) in [4.78, 5) is 7.48. The maximum absolute atomic E-state index is 13.9. The summed E-state index contributed by atoms with van der Waals surface area (Å²) in [5.74, 6) is 0.432. The van der Waals surface area contributed by atoms with Gasteiger partial charge in [-0.1, -0.05) is 18.2 Å². The summed E-state index contributed by atoms with van der Waals surface area (Å²) in [6, 6.07) is 13.3. The number of rotatable bonds is 3. The molecule has 4 nitrogen and oxygen atoms in total. The van der Waals surface area contributed by atoms with Gasteiger partial charge in [0.25, 0.3) is 0 Å². The second-order valence-electron chi connectivity index (χ2n) is 6.69. The van der Waals surface area contributed by atoms with Crippen LogP contribution in [0.1, 0.15) is 5.56 Å². The fourth-order valence-electron chi connectivity index (χ4n) is 3.58. The zero-order valence-corrected chi connectivity index (χ0v) is 16.4. The lowest BCUT2D eigenvalue weighted by atomic mass is 10.1. The van der Waals surface area contributed by atoms with Crippen LogP contribution in [-0.2, 0) is 17.7 Å². The van der Waals surface area contributed by atoms with E-state index in [1.165, 1.54) is 11.6 Å². The Labute approximate surface area is 163 Å². The highest BCUT2D eigenvalue weighted by molar-refractivity contribution is 7.92. The normalized spacial score (nSPS) is 20.0. The largest absolute Gasteiger partial charge is 0.610 e. The van der Waals surface area contributed by atoms with Gasteiger partial charge >= 0.3 is 0 Å². The van der Waals surface area contributed by atoms with E-state index in [0.717, 1.165) is 43.3 Å². The fraction of sp³-hybridized carbons (Fsp3) is 0.368. The van der Waals surface area contributed by atoms with Crippen molar-refractivity contribution in [2.45, 2.75) is 11.4 Å². The zero-order chi connectivity index (χ0) is 17.4. The molecule has 1 fully saturated rings. The monoisotopic (exact) mass is 395 g/mol. The number of halogens is 2. The molecule has 0 spiro atoms. The Balaban J connectivity index is 0.00000196. The summed E-state index contributed by atoms with van der Waals surface area (Å²) in [5.41, 5.74) is 2.96. The average Bonchev–Trinajstić information content (AvgIpc) is 2.90. The number of hydrogen-bond donors (Lipinski definition) is 0. The van der Waals surface area contributed by atoms with Gasteiger partial charge in [0, 0.05) is 50.9 Å². The lowest BCUT2D eigenvalue weighted by Gasteiger charge is -2.36. The molecule has 4 rings (SSSR count). The molecule has 2 aromatic carbocycles.